The van der Waals surface area contributed by atoms with Crippen molar-refractivity contribution in [1.29, 1.82) is 0 Å². The van der Waals surface area contributed by atoms with Crippen LogP contribution in [0.1, 0.15) is 20.3 Å². The van der Waals surface area contributed by atoms with Crippen LogP contribution in [-0.4, -0.2) is 108 Å². The molecule has 0 radical (unpaired) electrons. The van der Waals surface area contributed by atoms with Crippen LogP contribution in [0.15, 0.2) is 16.9 Å². The van der Waals surface area contributed by atoms with E-state index in [-0.39, 0.29) is 59.3 Å². The van der Waals surface area contributed by atoms with E-state index in [2.05, 4.69) is 36.8 Å². The Hall–Kier alpha value is -2.69. The number of carbonyl (C=O) groups is 4. The standard InChI is InChI=1S/C22H31N9O5S2/c1-10-17-16(11(2)27-15(32)6-30-8-26-28-29-30)21(34)31(17)18(22(35)36)19(10)38-13-3-12(23-5-13)4-24-20(33)14-7-37-9-25-14/h8,10-14,16-17,23,25H,3-7,9H2,1-2H3,(H,24,33)(H,27,32)(H,35,36)/t10-,11?,12+,13+,14+,16-,17-/m1/s1. The molecule has 5 heterocycles. The number of aromatic nitrogens is 4. The smallest absolute Gasteiger partial charge is 0.353 e. The maximum atomic E-state index is 13.1. The minimum atomic E-state index is -1.12. The lowest BCUT2D eigenvalue weighted by Crippen LogP contribution is -2.66. The van der Waals surface area contributed by atoms with Gasteiger partial charge in [0.1, 0.15) is 18.6 Å². The van der Waals surface area contributed by atoms with Gasteiger partial charge in [0.2, 0.25) is 17.7 Å². The van der Waals surface area contributed by atoms with Crippen molar-refractivity contribution in [3.05, 3.63) is 16.9 Å². The van der Waals surface area contributed by atoms with Crippen molar-refractivity contribution in [2.75, 3.05) is 24.7 Å². The molecule has 3 saturated heterocycles. The van der Waals surface area contributed by atoms with Gasteiger partial charge in [0.05, 0.1) is 18.0 Å². The number of aliphatic carboxylic acids is 1. The number of β-lactam (4-membered cyclic amide) rings is 1. The lowest BCUT2D eigenvalue weighted by molar-refractivity contribution is -0.158. The van der Waals surface area contributed by atoms with E-state index in [4.69, 9.17) is 0 Å². The quantitative estimate of drug-likeness (QED) is 0.201. The average molecular weight is 566 g/mol. The Labute approximate surface area is 227 Å². The molecule has 38 heavy (non-hydrogen) atoms. The van der Waals surface area contributed by atoms with Crippen LogP contribution in [0.25, 0.3) is 0 Å². The molecule has 0 spiro atoms. The number of rotatable bonds is 10. The first-order valence-electron chi connectivity index (χ1n) is 12.5. The minimum Gasteiger partial charge on any atom is -0.477 e. The number of carboxylic acid groups (broad SMARTS) is 1. The molecule has 206 valence electrons. The number of thioether (sulfide) groups is 2. The van der Waals surface area contributed by atoms with E-state index in [1.54, 1.807) is 18.7 Å². The number of hydrogen-bond donors (Lipinski definition) is 5. The Bertz CT molecular complexity index is 1130. The van der Waals surface area contributed by atoms with Crippen LogP contribution in [-0.2, 0) is 25.7 Å². The Balaban J connectivity index is 1.18. The third-order valence-corrected chi connectivity index (χ3v) is 9.90. The molecular weight excluding hydrogens is 534 g/mol. The number of nitrogens with zero attached hydrogens (tertiary/aromatic N) is 5. The van der Waals surface area contributed by atoms with Crippen molar-refractivity contribution in [1.82, 2.24) is 46.4 Å². The fraction of sp³-hybridized carbons (Fsp3) is 0.682. The van der Waals surface area contributed by atoms with E-state index in [0.717, 1.165) is 18.1 Å². The van der Waals surface area contributed by atoms with E-state index in [0.29, 0.717) is 18.0 Å². The van der Waals surface area contributed by atoms with Crippen LogP contribution < -0.4 is 21.3 Å². The first-order chi connectivity index (χ1) is 18.2. The van der Waals surface area contributed by atoms with Crippen LogP contribution in [0.3, 0.4) is 0 Å². The van der Waals surface area contributed by atoms with E-state index in [1.165, 1.54) is 27.7 Å². The average Bonchev–Trinajstić information content (AvgIpc) is 3.67. The highest BCUT2D eigenvalue weighted by molar-refractivity contribution is 8.03. The number of hydrogen-bond acceptors (Lipinski definition) is 11. The van der Waals surface area contributed by atoms with E-state index in [1.807, 2.05) is 6.92 Å². The van der Waals surface area contributed by atoms with E-state index in [9.17, 15) is 24.3 Å². The zero-order chi connectivity index (χ0) is 27.0. The van der Waals surface area contributed by atoms with Gasteiger partial charge in [-0.05, 0) is 23.8 Å². The maximum Gasteiger partial charge on any atom is 0.353 e. The Morgan fingerprint density at radius 3 is 2.84 bits per heavy atom. The summed E-state index contributed by atoms with van der Waals surface area (Å²) in [4.78, 5) is 52.1. The van der Waals surface area contributed by atoms with Gasteiger partial charge < -0.3 is 26.0 Å². The first-order valence-corrected chi connectivity index (χ1v) is 14.6. The molecule has 16 heteroatoms. The molecule has 4 aliphatic heterocycles. The Kier molecular flexibility index (Phi) is 7.93. The van der Waals surface area contributed by atoms with Crippen LogP contribution in [0.5, 0.6) is 0 Å². The summed E-state index contributed by atoms with van der Waals surface area (Å²) in [6.45, 7) is 4.81. The van der Waals surface area contributed by atoms with E-state index < -0.39 is 17.9 Å². The van der Waals surface area contributed by atoms with Crippen molar-refractivity contribution >= 4 is 47.2 Å². The molecule has 3 amide bonds. The highest BCUT2D eigenvalue weighted by atomic mass is 32.2. The summed E-state index contributed by atoms with van der Waals surface area (Å²) in [5, 5.41) is 33.2. The normalized spacial score (nSPS) is 31.2. The molecule has 1 unspecified atom stereocenters. The van der Waals surface area contributed by atoms with E-state index >= 15 is 0 Å². The summed E-state index contributed by atoms with van der Waals surface area (Å²) in [5.41, 5.74) is 0.0440. The molecule has 0 aromatic carbocycles. The monoisotopic (exact) mass is 565 g/mol. The molecule has 1 aromatic heterocycles. The number of carbonyl (C=O) groups excluding carboxylic acids is 3. The van der Waals surface area contributed by atoms with Crippen molar-refractivity contribution < 1.29 is 24.3 Å². The summed E-state index contributed by atoms with van der Waals surface area (Å²) in [6.07, 6.45) is 2.10. The van der Waals surface area contributed by atoms with Gasteiger partial charge in [-0.25, -0.2) is 9.48 Å². The molecule has 3 fully saturated rings. The highest BCUT2D eigenvalue weighted by Gasteiger charge is 2.60. The third kappa shape index (κ3) is 5.26. The summed E-state index contributed by atoms with van der Waals surface area (Å²) in [7, 11) is 0. The molecule has 7 atom stereocenters. The van der Waals surface area contributed by atoms with Gasteiger partial charge in [-0.1, -0.05) is 6.92 Å². The molecule has 0 bridgehead atoms. The first kappa shape index (κ1) is 26.9. The molecule has 1 aromatic rings. The molecule has 5 N–H and O–H groups in total. The molecule has 0 saturated carbocycles. The third-order valence-electron chi connectivity index (χ3n) is 7.45. The van der Waals surface area contributed by atoms with Crippen molar-refractivity contribution in [2.24, 2.45) is 11.8 Å². The number of fused-ring (bicyclic) bond motifs is 1. The molecule has 14 nitrogen and oxygen atoms in total. The lowest BCUT2D eigenvalue weighted by Gasteiger charge is -2.47. The van der Waals surface area contributed by atoms with Crippen LogP contribution >= 0.6 is 23.5 Å². The second-order valence-electron chi connectivity index (χ2n) is 9.99. The van der Waals surface area contributed by atoms with Crippen LogP contribution in [0.2, 0.25) is 0 Å². The number of carboxylic acids is 1. The lowest BCUT2D eigenvalue weighted by atomic mass is 9.78. The summed E-state index contributed by atoms with van der Waals surface area (Å²) >= 11 is 3.20. The fourth-order valence-electron chi connectivity index (χ4n) is 5.60. The van der Waals surface area contributed by atoms with Gasteiger partial charge >= 0.3 is 5.97 Å². The zero-order valence-electron chi connectivity index (χ0n) is 21.0. The largest absolute Gasteiger partial charge is 0.477 e. The number of tetrazole rings is 1. The summed E-state index contributed by atoms with van der Waals surface area (Å²) in [5.74, 6) is -0.910. The summed E-state index contributed by atoms with van der Waals surface area (Å²) in [6, 6.07) is -0.877. The maximum absolute atomic E-state index is 13.1. The molecule has 5 rings (SSSR count). The number of nitrogens with one attached hydrogen (secondary N) is 4. The highest BCUT2D eigenvalue weighted by Crippen LogP contribution is 2.51. The van der Waals surface area contributed by atoms with Gasteiger partial charge in [0.25, 0.3) is 0 Å². The van der Waals surface area contributed by atoms with Gasteiger partial charge in [0, 0.05) is 52.9 Å². The van der Waals surface area contributed by atoms with Crippen molar-refractivity contribution in [2.45, 2.75) is 56.2 Å². The Morgan fingerprint density at radius 1 is 1.34 bits per heavy atom. The SMILES string of the molecule is CC(NC(=O)Cn1cnnn1)[C@H]1C(=O)N2C(C(=O)O)=C(S[C@@H]3CN[C@H](CNC(=O)[C@@H]4CSCN4)C3)[C@H](C)[C@H]12. The predicted molar refractivity (Wildman–Crippen MR) is 138 cm³/mol. The molecule has 4 aliphatic rings. The second-order valence-corrected chi connectivity index (χ2v) is 12.4. The summed E-state index contributed by atoms with van der Waals surface area (Å²) < 4.78 is 1.28. The topological polar surface area (TPSA) is 183 Å². The van der Waals surface area contributed by atoms with Crippen molar-refractivity contribution in [3.8, 4) is 0 Å². The van der Waals surface area contributed by atoms with Gasteiger partial charge in [-0.2, -0.15) is 0 Å². The Morgan fingerprint density at radius 2 is 2.16 bits per heavy atom. The minimum absolute atomic E-state index is 0.00119. The predicted octanol–water partition coefficient (Wildman–Crippen LogP) is -1.81. The van der Waals surface area contributed by atoms with Gasteiger partial charge in [-0.3, -0.25) is 19.7 Å². The second kappa shape index (κ2) is 11.2. The van der Waals surface area contributed by atoms with Crippen molar-refractivity contribution in [3.63, 3.8) is 0 Å². The molecule has 0 aliphatic carbocycles. The van der Waals surface area contributed by atoms with Gasteiger partial charge in [0.15, 0.2) is 0 Å². The number of amides is 3. The fourth-order valence-corrected chi connectivity index (χ4v) is 8.06. The zero-order valence-corrected chi connectivity index (χ0v) is 22.6. The van der Waals surface area contributed by atoms with Gasteiger partial charge in [-0.15, -0.1) is 28.6 Å². The van der Waals surface area contributed by atoms with Crippen LogP contribution in [0, 0.1) is 11.8 Å². The molecular formula is C22H31N9O5S2. The van der Waals surface area contributed by atoms with Crippen LogP contribution in [0.4, 0.5) is 0 Å².